The summed E-state index contributed by atoms with van der Waals surface area (Å²) in [5, 5.41) is 14.7. The second-order valence-corrected chi connectivity index (χ2v) is 6.94. The number of benzene rings is 1. The first-order chi connectivity index (χ1) is 11.9. The quantitative estimate of drug-likeness (QED) is 0.606. The van der Waals surface area contributed by atoms with Gasteiger partial charge in [0.15, 0.2) is 0 Å². The van der Waals surface area contributed by atoms with E-state index in [2.05, 4.69) is 10.6 Å². The first-order valence-electron chi connectivity index (χ1n) is 8.78. The molecular weight excluding hydrogens is 320 g/mol. The van der Waals surface area contributed by atoms with Crippen molar-refractivity contribution in [2.45, 2.75) is 50.7 Å². The van der Waals surface area contributed by atoms with Gasteiger partial charge in [-0.1, -0.05) is 30.3 Å². The van der Waals surface area contributed by atoms with E-state index in [9.17, 15) is 9.59 Å². The van der Waals surface area contributed by atoms with E-state index in [-0.39, 0.29) is 24.1 Å². The Balaban J connectivity index is 1.88. The average Bonchev–Trinajstić information content (AvgIpc) is 3.44. The van der Waals surface area contributed by atoms with Gasteiger partial charge in [-0.25, -0.2) is 4.79 Å². The van der Waals surface area contributed by atoms with Crippen LogP contribution in [0.3, 0.4) is 0 Å². The summed E-state index contributed by atoms with van der Waals surface area (Å²) in [4.78, 5) is 23.1. The molecule has 1 saturated carbocycles. The Morgan fingerprint density at radius 2 is 2.00 bits per heavy atom. The number of amides is 2. The molecule has 1 aromatic rings. The fourth-order valence-corrected chi connectivity index (χ4v) is 2.99. The van der Waals surface area contributed by atoms with Gasteiger partial charge >= 0.3 is 12.0 Å². The predicted octanol–water partition coefficient (Wildman–Crippen LogP) is 2.58. The highest BCUT2D eigenvalue weighted by Gasteiger charge is 2.41. The lowest BCUT2D eigenvalue weighted by Crippen LogP contribution is -2.49. The van der Waals surface area contributed by atoms with E-state index in [0.29, 0.717) is 25.3 Å². The lowest BCUT2D eigenvalue weighted by Gasteiger charge is -2.29. The Morgan fingerprint density at radius 3 is 2.56 bits per heavy atom. The van der Waals surface area contributed by atoms with Crippen LogP contribution in [-0.4, -0.2) is 42.4 Å². The summed E-state index contributed by atoms with van der Waals surface area (Å²) < 4.78 is 5.57. The molecule has 138 valence electrons. The van der Waals surface area contributed by atoms with E-state index in [1.165, 1.54) is 0 Å². The second-order valence-electron chi connectivity index (χ2n) is 6.94. The van der Waals surface area contributed by atoms with Crippen LogP contribution < -0.4 is 10.6 Å². The molecule has 0 spiro atoms. The molecule has 0 saturated heterocycles. The molecular formula is C19H28N2O4. The van der Waals surface area contributed by atoms with Gasteiger partial charge in [-0.15, -0.1) is 0 Å². The smallest absolute Gasteiger partial charge is 0.315 e. The van der Waals surface area contributed by atoms with Gasteiger partial charge in [0.1, 0.15) is 0 Å². The highest BCUT2D eigenvalue weighted by Crippen LogP contribution is 2.41. The van der Waals surface area contributed by atoms with Gasteiger partial charge in [0.05, 0.1) is 5.60 Å². The van der Waals surface area contributed by atoms with Crippen LogP contribution in [0.4, 0.5) is 4.79 Å². The minimum Gasteiger partial charge on any atom is -0.481 e. The summed E-state index contributed by atoms with van der Waals surface area (Å²) in [6.45, 7) is 2.45. The molecule has 6 heteroatoms. The van der Waals surface area contributed by atoms with E-state index >= 15 is 0 Å². The first-order valence-corrected chi connectivity index (χ1v) is 8.78. The van der Waals surface area contributed by atoms with E-state index in [1.807, 2.05) is 37.3 Å². The van der Waals surface area contributed by atoms with Crippen LogP contribution in [0.15, 0.2) is 30.3 Å². The Kier molecular flexibility index (Phi) is 6.82. The van der Waals surface area contributed by atoms with Gasteiger partial charge < -0.3 is 20.5 Å². The topological polar surface area (TPSA) is 87.7 Å². The molecule has 1 fully saturated rings. The maximum absolute atomic E-state index is 12.3. The van der Waals surface area contributed by atoms with Crippen molar-refractivity contribution >= 4 is 12.0 Å². The number of nitrogens with one attached hydrogen (secondary N) is 2. The number of hydrogen-bond acceptors (Lipinski definition) is 3. The van der Waals surface area contributed by atoms with Crippen LogP contribution in [0.5, 0.6) is 0 Å². The van der Waals surface area contributed by atoms with Crippen LogP contribution in [-0.2, 0) is 16.0 Å². The molecule has 0 aromatic heterocycles. The van der Waals surface area contributed by atoms with Crippen molar-refractivity contribution in [3.05, 3.63) is 35.9 Å². The molecule has 2 rings (SSSR count). The average molecular weight is 348 g/mol. The molecule has 1 aliphatic rings. The SMILES string of the molecule is COC(C)(CNC(=O)NC(CCC(=O)O)Cc1ccccc1)C1CC1. The number of rotatable bonds is 10. The van der Waals surface area contributed by atoms with Gasteiger partial charge in [-0.2, -0.15) is 0 Å². The van der Waals surface area contributed by atoms with Crippen molar-refractivity contribution in [1.29, 1.82) is 0 Å². The zero-order valence-electron chi connectivity index (χ0n) is 15.0. The fourth-order valence-electron chi connectivity index (χ4n) is 2.99. The standard InChI is InChI=1S/C19H28N2O4/c1-19(25-2,15-8-9-15)13-20-18(24)21-16(10-11-17(22)23)12-14-6-4-3-5-7-14/h3-7,15-16H,8-13H2,1-2H3,(H,22,23)(H2,20,21,24). The lowest BCUT2D eigenvalue weighted by atomic mass is 10.0. The zero-order chi connectivity index (χ0) is 18.3. The number of carboxylic acids is 1. The Morgan fingerprint density at radius 1 is 1.32 bits per heavy atom. The predicted molar refractivity (Wildman–Crippen MR) is 95.5 cm³/mol. The number of urea groups is 1. The zero-order valence-corrected chi connectivity index (χ0v) is 15.0. The number of carbonyl (C=O) groups is 2. The van der Waals surface area contributed by atoms with Crippen LogP contribution in [0.25, 0.3) is 0 Å². The molecule has 0 aliphatic heterocycles. The minimum atomic E-state index is -0.860. The molecule has 2 amide bonds. The number of aliphatic carboxylic acids is 1. The molecule has 3 N–H and O–H groups in total. The van der Waals surface area contributed by atoms with E-state index < -0.39 is 5.97 Å². The molecule has 0 radical (unpaired) electrons. The minimum absolute atomic E-state index is 0.0235. The van der Waals surface area contributed by atoms with Crippen LogP contribution in [0, 0.1) is 5.92 Å². The molecule has 1 aromatic carbocycles. The van der Waals surface area contributed by atoms with Crippen LogP contribution >= 0.6 is 0 Å². The van der Waals surface area contributed by atoms with E-state index in [4.69, 9.17) is 9.84 Å². The Labute approximate surface area is 149 Å². The number of carboxylic acid groups (broad SMARTS) is 1. The normalized spacial score (nSPS) is 17.4. The molecule has 6 nitrogen and oxygen atoms in total. The molecule has 0 bridgehead atoms. The molecule has 1 aliphatic carbocycles. The summed E-state index contributed by atoms with van der Waals surface area (Å²) in [5.41, 5.74) is 0.728. The van der Waals surface area contributed by atoms with Crippen molar-refractivity contribution in [1.82, 2.24) is 10.6 Å². The summed E-state index contributed by atoms with van der Waals surface area (Å²) in [5.74, 6) is -0.370. The monoisotopic (exact) mass is 348 g/mol. The largest absolute Gasteiger partial charge is 0.481 e. The third-order valence-electron chi connectivity index (χ3n) is 4.87. The lowest BCUT2D eigenvalue weighted by molar-refractivity contribution is -0.137. The third kappa shape index (κ3) is 6.38. The second kappa shape index (κ2) is 8.85. The maximum atomic E-state index is 12.3. The summed E-state index contributed by atoms with van der Waals surface area (Å²) in [6, 6.07) is 9.24. The number of methoxy groups -OCH3 is 1. The van der Waals surface area contributed by atoms with Crippen LogP contribution in [0.1, 0.15) is 38.2 Å². The Bertz CT molecular complexity index is 574. The summed E-state index contributed by atoms with van der Waals surface area (Å²) in [7, 11) is 1.67. The van der Waals surface area contributed by atoms with Gasteiger partial charge in [-0.3, -0.25) is 4.79 Å². The highest BCUT2D eigenvalue weighted by molar-refractivity contribution is 5.74. The third-order valence-corrected chi connectivity index (χ3v) is 4.87. The van der Waals surface area contributed by atoms with Crippen molar-refractivity contribution in [2.75, 3.05) is 13.7 Å². The maximum Gasteiger partial charge on any atom is 0.315 e. The van der Waals surface area contributed by atoms with Gasteiger partial charge in [0.25, 0.3) is 0 Å². The van der Waals surface area contributed by atoms with Crippen molar-refractivity contribution in [3.63, 3.8) is 0 Å². The van der Waals surface area contributed by atoms with Gasteiger partial charge in [-0.05, 0) is 44.1 Å². The number of carbonyl (C=O) groups excluding carboxylic acids is 1. The molecule has 25 heavy (non-hydrogen) atoms. The van der Waals surface area contributed by atoms with Gasteiger partial charge in [0.2, 0.25) is 0 Å². The van der Waals surface area contributed by atoms with E-state index in [1.54, 1.807) is 7.11 Å². The van der Waals surface area contributed by atoms with E-state index in [0.717, 1.165) is 18.4 Å². The first kappa shape index (κ1) is 19.2. The van der Waals surface area contributed by atoms with Crippen molar-refractivity contribution < 1.29 is 19.4 Å². The van der Waals surface area contributed by atoms with Crippen molar-refractivity contribution in [2.24, 2.45) is 5.92 Å². The molecule has 2 atom stereocenters. The molecule has 0 heterocycles. The number of hydrogen-bond donors (Lipinski definition) is 3. The summed E-state index contributed by atoms with van der Waals surface area (Å²) in [6.07, 6.45) is 3.27. The van der Waals surface area contributed by atoms with Gasteiger partial charge in [0, 0.05) is 26.1 Å². The summed E-state index contributed by atoms with van der Waals surface area (Å²) >= 11 is 0. The van der Waals surface area contributed by atoms with Crippen molar-refractivity contribution in [3.8, 4) is 0 Å². The number of ether oxygens (including phenoxy) is 1. The fraction of sp³-hybridized carbons (Fsp3) is 0.579. The van der Waals surface area contributed by atoms with Crippen LogP contribution in [0.2, 0.25) is 0 Å². The Hall–Kier alpha value is -2.08. The molecule has 2 unspecified atom stereocenters. The highest BCUT2D eigenvalue weighted by atomic mass is 16.5.